The zero-order chi connectivity index (χ0) is 9.14. The number of carbonyl (C=O) groups excluding carboxylic acids is 1. The molecule has 0 bridgehead atoms. The Morgan fingerprint density at radius 1 is 1.83 bits per heavy atom. The lowest BCUT2D eigenvalue weighted by molar-refractivity contribution is 0.0606. The number of thiophene rings is 1. The van der Waals surface area contributed by atoms with Crippen LogP contribution in [0.2, 0.25) is 0 Å². The van der Waals surface area contributed by atoms with Crippen LogP contribution in [0.4, 0.5) is 5.00 Å². The molecule has 2 N–H and O–H groups in total. The van der Waals surface area contributed by atoms with Gasteiger partial charge in [0.1, 0.15) is 15.9 Å². The van der Waals surface area contributed by atoms with Gasteiger partial charge in [0.2, 0.25) is 0 Å². The topological polar surface area (TPSA) is 76.1 Å². The summed E-state index contributed by atoms with van der Waals surface area (Å²) in [7, 11) is 1.28. The molecule has 0 aliphatic carbocycles. The van der Waals surface area contributed by atoms with Gasteiger partial charge < -0.3 is 10.5 Å². The van der Waals surface area contributed by atoms with Crippen molar-refractivity contribution in [3.63, 3.8) is 0 Å². The Labute approximate surface area is 73.2 Å². The second-order valence-corrected chi connectivity index (χ2v) is 3.08. The molecule has 0 radical (unpaired) electrons. The summed E-state index contributed by atoms with van der Waals surface area (Å²) < 4.78 is 4.46. The summed E-state index contributed by atoms with van der Waals surface area (Å²) in [4.78, 5) is 11.3. The second-order valence-electron chi connectivity index (χ2n) is 1.99. The number of nitrogens with two attached hydrogens (primary N) is 1. The summed E-state index contributed by atoms with van der Waals surface area (Å²) in [6.45, 7) is 0. The predicted molar refractivity (Wildman–Crippen MR) is 44.8 cm³/mol. The lowest BCUT2D eigenvalue weighted by Crippen LogP contribution is -1.96. The van der Waals surface area contributed by atoms with Crippen molar-refractivity contribution in [1.82, 2.24) is 0 Å². The number of carbonyl (C=O) groups is 1. The Morgan fingerprint density at radius 2 is 2.50 bits per heavy atom. The van der Waals surface area contributed by atoms with Crippen molar-refractivity contribution in [3.8, 4) is 6.07 Å². The van der Waals surface area contributed by atoms with Gasteiger partial charge in [-0.05, 0) is 6.07 Å². The first-order chi connectivity index (χ1) is 5.69. The normalized spacial score (nSPS) is 9.00. The van der Waals surface area contributed by atoms with Gasteiger partial charge in [-0.15, -0.1) is 11.3 Å². The molecule has 0 saturated heterocycles. The molecule has 4 nitrogen and oxygen atoms in total. The molecule has 0 saturated carbocycles. The quantitative estimate of drug-likeness (QED) is 0.657. The lowest BCUT2D eigenvalue weighted by atomic mass is 10.3. The van der Waals surface area contributed by atoms with Crippen LogP contribution in [0, 0.1) is 11.3 Å². The van der Waals surface area contributed by atoms with Crippen molar-refractivity contribution in [2.75, 3.05) is 12.8 Å². The highest BCUT2D eigenvalue weighted by molar-refractivity contribution is 7.18. The van der Waals surface area contributed by atoms with Gasteiger partial charge in [-0.1, -0.05) is 0 Å². The maximum atomic E-state index is 10.9. The monoisotopic (exact) mass is 182 g/mol. The molecule has 1 aromatic rings. The molecule has 0 aliphatic heterocycles. The van der Waals surface area contributed by atoms with Gasteiger partial charge in [0.15, 0.2) is 0 Å². The van der Waals surface area contributed by atoms with E-state index in [1.54, 1.807) is 0 Å². The van der Waals surface area contributed by atoms with Gasteiger partial charge >= 0.3 is 5.97 Å². The van der Waals surface area contributed by atoms with Crippen LogP contribution in [-0.2, 0) is 4.74 Å². The average molecular weight is 182 g/mol. The Kier molecular flexibility index (Phi) is 2.31. The maximum Gasteiger partial charge on any atom is 0.348 e. The summed E-state index contributed by atoms with van der Waals surface area (Å²) in [5.41, 5.74) is 5.75. The minimum atomic E-state index is -0.465. The number of nitriles is 1. The molecule has 1 heterocycles. The molecule has 5 heteroatoms. The average Bonchev–Trinajstić information content (AvgIpc) is 2.45. The van der Waals surface area contributed by atoms with Gasteiger partial charge in [0, 0.05) is 0 Å². The molecule has 0 unspecified atom stereocenters. The molecule has 0 amide bonds. The van der Waals surface area contributed by atoms with E-state index in [1.165, 1.54) is 13.2 Å². The third kappa shape index (κ3) is 1.38. The zero-order valence-corrected chi connectivity index (χ0v) is 7.14. The predicted octanol–water partition coefficient (Wildman–Crippen LogP) is 0.989. The van der Waals surface area contributed by atoms with E-state index in [9.17, 15) is 4.79 Å². The van der Waals surface area contributed by atoms with E-state index in [1.807, 2.05) is 6.07 Å². The van der Waals surface area contributed by atoms with Crippen molar-refractivity contribution < 1.29 is 9.53 Å². The van der Waals surface area contributed by atoms with Crippen LogP contribution >= 0.6 is 11.3 Å². The van der Waals surface area contributed by atoms with Crippen molar-refractivity contribution in [2.45, 2.75) is 0 Å². The van der Waals surface area contributed by atoms with E-state index in [0.717, 1.165) is 11.3 Å². The minimum absolute atomic E-state index is 0.320. The van der Waals surface area contributed by atoms with Crippen molar-refractivity contribution in [3.05, 3.63) is 16.5 Å². The van der Waals surface area contributed by atoms with Crippen LogP contribution in [0.15, 0.2) is 6.07 Å². The van der Waals surface area contributed by atoms with Crippen molar-refractivity contribution >= 4 is 22.3 Å². The van der Waals surface area contributed by atoms with Gasteiger partial charge in [0.05, 0.1) is 12.7 Å². The molecular weight excluding hydrogens is 176 g/mol. The Bertz CT molecular complexity index is 351. The molecule has 1 aromatic heterocycles. The lowest BCUT2D eigenvalue weighted by Gasteiger charge is -1.90. The number of anilines is 1. The first-order valence-electron chi connectivity index (χ1n) is 3.06. The fourth-order valence-electron chi connectivity index (χ4n) is 0.694. The van der Waals surface area contributed by atoms with E-state index >= 15 is 0 Å². The number of rotatable bonds is 1. The highest BCUT2D eigenvalue weighted by atomic mass is 32.1. The van der Waals surface area contributed by atoms with Gasteiger partial charge in [0.25, 0.3) is 0 Å². The standard InChI is InChI=1S/C7H6N2O2S/c1-11-7(10)5-2-4(3-8)6(9)12-5/h2H,9H2,1H3. The number of hydrogen-bond donors (Lipinski definition) is 1. The molecule has 1 rings (SSSR count). The Morgan fingerprint density at radius 3 is 2.92 bits per heavy atom. The van der Waals surface area contributed by atoms with Crippen LogP contribution in [0.25, 0.3) is 0 Å². The first kappa shape index (κ1) is 8.56. The first-order valence-corrected chi connectivity index (χ1v) is 3.88. The molecule has 12 heavy (non-hydrogen) atoms. The van der Waals surface area contributed by atoms with Crippen LogP contribution in [-0.4, -0.2) is 13.1 Å². The smallest absolute Gasteiger partial charge is 0.348 e. The molecule has 0 aromatic carbocycles. The largest absolute Gasteiger partial charge is 0.465 e. The van der Waals surface area contributed by atoms with E-state index in [0.29, 0.717) is 15.4 Å². The fraction of sp³-hybridized carbons (Fsp3) is 0.143. The summed E-state index contributed by atoms with van der Waals surface area (Å²) in [5.74, 6) is -0.465. The summed E-state index contributed by atoms with van der Waals surface area (Å²) >= 11 is 1.05. The molecule has 0 fully saturated rings. The van der Waals surface area contributed by atoms with Gasteiger partial charge in [-0.3, -0.25) is 0 Å². The summed E-state index contributed by atoms with van der Waals surface area (Å²) in [6, 6.07) is 3.29. The van der Waals surface area contributed by atoms with E-state index in [-0.39, 0.29) is 0 Å². The highest BCUT2D eigenvalue weighted by Crippen LogP contribution is 2.24. The van der Waals surface area contributed by atoms with E-state index in [4.69, 9.17) is 11.0 Å². The highest BCUT2D eigenvalue weighted by Gasteiger charge is 2.12. The summed E-state index contributed by atoms with van der Waals surface area (Å²) in [5, 5.41) is 8.86. The van der Waals surface area contributed by atoms with Crippen LogP contribution in [0.1, 0.15) is 15.2 Å². The Hall–Kier alpha value is -1.54. The van der Waals surface area contributed by atoms with Crippen molar-refractivity contribution in [1.29, 1.82) is 5.26 Å². The van der Waals surface area contributed by atoms with E-state index in [2.05, 4.69) is 4.74 Å². The second kappa shape index (κ2) is 3.24. The Balaban J connectivity index is 3.07. The number of esters is 1. The number of methoxy groups -OCH3 is 1. The number of nitrogen functional groups attached to an aromatic ring is 1. The summed E-state index contributed by atoms with van der Waals surface area (Å²) in [6.07, 6.45) is 0. The van der Waals surface area contributed by atoms with Gasteiger partial charge in [-0.25, -0.2) is 4.79 Å². The van der Waals surface area contributed by atoms with E-state index < -0.39 is 5.97 Å². The molecule has 62 valence electrons. The molecular formula is C7H6N2O2S. The minimum Gasteiger partial charge on any atom is -0.465 e. The third-order valence-electron chi connectivity index (χ3n) is 1.27. The molecule has 0 atom stereocenters. The number of nitrogens with zero attached hydrogens (tertiary/aromatic N) is 1. The number of ether oxygens (including phenoxy) is 1. The van der Waals surface area contributed by atoms with Crippen LogP contribution < -0.4 is 5.73 Å². The SMILES string of the molecule is COC(=O)c1cc(C#N)c(N)s1. The zero-order valence-electron chi connectivity index (χ0n) is 6.33. The molecule has 0 spiro atoms. The van der Waals surface area contributed by atoms with Crippen LogP contribution in [0.5, 0.6) is 0 Å². The van der Waals surface area contributed by atoms with Crippen LogP contribution in [0.3, 0.4) is 0 Å². The van der Waals surface area contributed by atoms with Crippen molar-refractivity contribution in [2.24, 2.45) is 0 Å². The third-order valence-corrected chi connectivity index (χ3v) is 2.21. The molecule has 0 aliphatic rings. The number of hydrogen-bond acceptors (Lipinski definition) is 5. The van der Waals surface area contributed by atoms with Gasteiger partial charge in [-0.2, -0.15) is 5.26 Å². The fourth-order valence-corrected chi connectivity index (χ4v) is 1.49. The maximum absolute atomic E-state index is 10.9.